The van der Waals surface area contributed by atoms with Crippen LogP contribution in [0.3, 0.4) is 0 Å². The third-order valence-corrected chi connectivity index (χ3v) is 4.96. The van der Waals surface area contributed by atoms with Crippen LogP contribution in [0, 0.1) is 5.41 Å². The zero-order valence-corrected chi connectivity index (χ0v) is 15.5. The average molecular weight is 420 g/mol. The van der Waals surface area contributed by atoms with Crippen LogP contribution in [0.15, 0.2) is 12.3 Å². The number of likely N-dealkylation sites (N-methyl/N-ethyl adjacent to an activating group) is 1. The van der Waals surface area contributed by atoms with Crippen LogP contribution in [-0.2, 0) is 4.84 Å². The van der Waals surface area contributed by atoms with Crippen molar-refractivity contribution < 1.29 is 38.2 Å². The van der Waals surface area contributed by atoms with Crippen LogP contribution in [-0.4, -0.2) is 78.7 Å². The second kappa shape index (κ2) is 7.27. The summed E-state index contributed by atoms with van der Waals surface area (Å²) < 4.78 is 1.69. The van der Waals surface area contributed by atoms with Crippen LogP contribution in [0.4, 0.5) is 4.79 Å². The van der Waals surface area contributed by atoms with Gasteiger partial charge in [0, 0.05) is 13.1 Å². The fraction of sp³-hybridized carbons (Fsp3) is 0.733. The first-order chi connectivity index (χ1) is 10.1. The molecule has 0 unspecified atom stereocenters. The minimum Gasteiger partial charge on any atom is -1.00 e. The maximum Gasteiger partial charge on any atom is 0.442 e. The molecular weight excluding hydrogens is 395 g/mol. The molecule has 1 spiro atoms. The summed E-state index contributed by atoms with van der Waals surface area (Å²) in [6.45, 7) is 4.57. The number of piperidine rings is 1. The van der Waals surface area contributed by atoms with E-state index >= 15 is 0 Å². The molecule has 2 amide bonds. The van der Waals surface area contributed by atoms with Gasteiger partial charge in [-0.3, -0.25) is 9.80 Å². The Morgan fingerprint density at radius 3 is 2.50 bits per heavy atom. The van der Waals surface area contributed by atoms with Gasteiger partial charge in [-0.2, -0.15) is 9.64 Å². The monoisotopic (exact) mass is 420 g/mol. The minimum absolute atomic E-state index is 0. The highest BCUT2D eigenvalue weighted by Gasteiger charge is 2.43. The molecule has 22 heavy (non-hydrogen) atoms. The number of urea groups is 1. The highest BCUT2D eigenvalue weighted by Crippen LogP contribution is 2.40. The first kappa shape index (κ1) is 17.7. The molecule has 3 rings (SSSR count). The van der Waals surface area contributed by atoms with Gasteiger partial charge in [0.15, 0.2) is 6.34 Å². The Balaban J connectivity index is 0.00000176. The number of carbonyl (C=O) groups excluding carboxylic acids is 1. The van der Waals surface area contributed by atoms with Crippen LogP contribution in [0.25, 0.3) is 0 Å². The number of amides is 2. The van der Waals surface area contributed by atoms with Crippen molar-refractivity contribution in [2.45, 2.75) is 19.3 Å². The van der Waals surface area contributed by atoms with Gasteiger partial charge in [0.05, 0.1) is 40.0 Å². The van der Waals surface area contributed by atoms with Gasteiger partial charge in [-0.1, -0.05) is 0 Å². The molecule has 0 radical (unpaired) electrons. The van der Waals surface area contributed by atoms with Crippen molar-refractivity contribution in [2.75, 3.05) is 46.9 Å². The number of nitrogens with zero attached hydrogens (tertiary/aromatic N) is 4. The van der Waals surface area contributed by atoms with Crippen molar-refractivity contribution in [2.24, 2.45) is 5.41 Å². The summed E-state index contributed by atoms with van der Waals surface area (Å²) in [5.41, 5.74) is 0.352. The fourth-order valence-corrected chi connectivity index (χ4v) is 3.53. The molecule has 0 aromatic rings. The van der Waals surface area contributed by atoms with Crippen LogP contribution in [0.5, 0.6) is 0 Å². The van der Waals surface area contributed by atoms with Gasteiger partial charge in [0.1, 0.15) is 0 Å². The summed E-state index contributed by atoms with van der Waals surface area (Å²) in [7, 11) is 3.72. The summed E-state index contributed by atoms with van der Waals surface area (Å²) in [5, 5.41) is 2.05. The summed E-state index contributed by atoms with van der Waals surface area (Å²) in [4.78, 5) is 21.9. The summed E-state index contributed by atoms with van der Waals surface area (Å²) in [6, 6.07) is 0.0919. The van der Waals surface area contributed by atoms with Crippen LogP contribution < -0.4 is 24.0 Å². The SMILES string of the molecule is CON1CCC2(CCN(C(=O)[N+]3=CN(C)CC=C3)CC2)C1.[I-]. The Labute approximate surface area is 149 Å². The van der Waals surface area contributed by atoms with Gasteiger partial charge < -0.3 is 28.8 Å². The lowest BCUT2D eigenvalue weighted by Gasteiger charge is -2.36. The molecule has 6 nitrogen and oxygen atoms in total. The number of carbonyl (C=O) groups is 1. The molecule has 0 aliphatic carbocycles. The van der Waals surface area contributed by atoms with E-state index in [0.29, 0.717) is 5.41 Å². The number of hydroxylamine groups is 2. The van der Waals surface area contributed by atoms with E-state index in [1.165, 1.54) is 6.42 Å². The molecule has 0 saturated carbocycles. The molecule has 7 heteroatoms. The van der Waals surface area contributed by atoms with Gasteiger partial charge in [0.25, 0.3) is 0 Å². The molecule has 3 aliphatic rings. The number of halogens is 1. The lowest BCUT2D eigenvalue weighted by atomic mass is 9.78. The van der Waals surface area contributed by atoms with E-state index in [1.54, 1.807) is 11.7 Å². The van der Waals surface area contributed by atoms with Crippen molar-refractivity contribution in [1.29, 1.82) is 0 Å². The van der Waals surface area contributed by atoms with E-state index in [0.717, 1.165) is 45.6 Å². The Morgan fingerprint density at radius 1 is 1.23 bits per heavy atom. The number of hydrogen-bond donors (Lipinski definition) is 0. The van der Waals surface area contributed by atoms with Crippen molar-refractivity contribution >= 4 is 12.4 Å². The maximum atomic E-state index is 12.5. The van der Waals surface area contributed by atoms with Gasteiger partial charge >= 0.3 is 6.03 Å². The standard InChI is InChI=1S/C15H25N4O2.HI/c1-16-7-3-8-18(13-16)14(20)17-9-4-15(5-10-17)6-11-19(12-15)21-2;/h3,8,13H,4-7,9-12H2,1-2H3;1H/q+1;/p-1. The van der Waals surface area contributed by atoms with E-state index < -0.39 is 0 Å². The first-order valence-corrected chi connectivity index (χ1v) is 7.70. The lowest BCUT2D eigenvalue weighted by Crippen LogP contribution is -3.00. The van der Waals surface area contributed by atoms with Gasteiger partial charge in [-0.15, -0.1) is 0 Å². The topological polar surface area (TPSA) is 39.0 Å². The molecular formula is C15H25IN4O2. The third kappa shape index (κ3) is 3.62. The van der Waals surface area contributed by atoms with E-state index in [9.17, 15) is 4.79 Å². The average Bonchev–Trinajstić information content (AvgIpc) is 2.90. The van der Waals surface area contributed by atoms with Gasteiger partial charge in [0.2, 0.25) is 0 Å². The highest BCUT2D eigenvalue weighted by molar-refractivity contribution is 5.71. The van der Waals surface area contributed by atoms with Gasteiger partial charge in [-0.25, -0.2) is 4.79 Å². The number of rotatable bonds is 1. The second-order valence-electron chi connectivity index (χ2n) is 6.41. The van der Waals surface area contributed by atoms with E-state index in [-0.39, 0.29) is 30.0 Å². The highest BCUT2D eigenvalue weighted by atomic mass is 127. The zero-order valence-electron chi connectivity index (χ0n) is 13.4. The second-order valence-corrected chi connectivity index (χ2v) is 6.41. The molecule has 0 aromatic heterocycles. The quantitative estimate of drug-likeness (QED) is 0.362. The van der Waals surface area contributed by atoms with E-state index in [2.05, 4.69) is 0 Å². The van der Waals surface area contributed by atoms with Crippen LogP contribution in [0.2, 0.25) is 0 Å². The lowest BCUT2D eigenvalue weighted by molar-refractivity contribution is -0.365. The molecule has 0 bridgehead atoms. The largest absolute Gasteiger partial charge is 1.00 e. The predicted octanol–water partition coefficient (Wildman–Crippen LogP) is -2.04. The molecule has 3 aliphatic heterocycles. The zero-order chi connectivity index (χ0) is 14.9. The van der Waals surface area contributed by atoms with E-state index in [4.69, 9.17) is 4.84 Å². The van der Waals surface area contributed by atoms with Crippen LogP contribution >= 0.6 is 0 Å². The van der Waals surface area contributed by atoms with Crippen molar-refractivity contribution in [3.05, 3.63) is 12.3 Å². The summed E-state index contributed by atoms with van der Waals surface area (Å²) in [6.07, 6.45) is 9.08. The minimum atomic E-state index is 0. The molecule has 2 saturated heterocycles. The molecule has 0 aromatic carbocycles. The maximum absolute atomic E-state index is 12.5. The molecule has 0 atom stereocenters. The Hall–Kier alpha value is -0.670. The van der Waals surface area contributed by atoms with Crippen molar-refractivity contribution in [3.63, 3.8) is 0 Å². The Kier molecular flexibility index (Phi) is 5.84. The summed E-state index contributed by atoms with van der Waals surface area (Å²) >= 11 is 0. The number of likely N-dealkylation sites (tertiary alicyclic amines) is 1. The van der Waals surface area contributed by atoms with E-state index in [1.807, 2.05) is 40.5 Å². The Bertz CT molecular complexity index is 472. The predicted molar refractivity (Wildman–Crippen MR) is 79.9 cm³/mol. The van der Waals surface area contributed by atoms with Crippen molar-refractivity contribution in [3.8, 4) is 0 Å². The normalized spacial score (nSPS) is 24.4. The van der Waals surface area contributed by atoms with Gasteiger partial charge in [-0.05, 0) is 30.8 Å². The first-order valence-electron chi connectivity index (χ1n) is 7.70. The van der Waals surface area contributed by atoms with Crippen LogP contribution in [0.1, 0.15) is 19.3 Å². The smallest absolute Gasteiger partial charge is 0.442 e. The fourth-order valence-electron chi connectivity index (χ4n) is 3.53. The molecule has 124 valence electrons. The van der Waals surface area contributed by atoms with Crippen molar-refractivity contribution in [1.82, 2.24) is 14.9 Å². The summed E-state index contributed by atoms with van der Waals surface area (Å²) in [5.74, 6) is 0. The molecule has 3 heterocycles. The third-order valence-electron chi connectivity index (χ3n) is 4.96. The number of hydrogen-bond acceptors (Lipinski definition) is 4. The molecule has 0 N–H and O–H groups in total. The molecule has 2 fully saturated rings. The Morgan fingerprint density at radius 2 is 1.91 bits per heavy atom.